The highest BCUT2D eigenvalue weighted by Gasteiger charge is 2.18. The van der Waals surface area contributed by atoms with Crippen LogP contribution in [0, 0.1) is 11.2 Å². The van der Waals surface area contributed by atoms with E-state index in [2.05, 4.69) is 15.3 Å². The fourth-order valence-corrected chi connectivity index (χ4v) is 3.36. The third-order valence-electron chi connectivity index (χ3n) is 3.70. The Balaban J connectivity index is 1.90. The Morgan fingerprint density at radius 3 is 3.04 bits per heavy atom. The molecule has 2 aromatic rings. The molecule has 1 aliphatic rings. The zero-order chi connectivity index (χ0) is 19.2. The second-order valence-electron chi connectivity index (χ2n) is 5.55. The molecule has 0 saturated carbocycles. The molecule has 2 N–H and O–H groups in total. The maximum atomic E-state index is 13.6. The molecule has 0 atom stereocenters. The number of allylic oxidation sites excluding steroid dienone is 1. The van der Waals surface area contributed by atoms with Crippen LogP contribution in [0.15, 0.2) is 35.5 Å². The van der Waals surface area contributed by atoms with Crippen molar-refractivity contribution >= 4 is 29.5 Å². The lowest BCUT2D eigenvalue weighted by Gasteiger charge is -2.20. The normalized spacial score (nSPS) is 14.6. The van der Waals surface area contributed by atoms with Crippen LogP contribution in [-0.2, 0) is 0 Å². The van der Waals surface area contributed by atoms with Crippen LogP contribution in [0.5, 0.6) is 11.8 Å². The smallest absolute Gasteiger partial charge is 0.229 e. The van der Waals surface area contributed by atoms with Crippen molar-refractivity contribution < 1.29 is 13.9 Å². The number of hydrogen-bond acceptors (Lipinski definition) is 8. The molecule has 27 heavy (non-hydrogen) atoms. The van der Waals surface area contributed by atoms with E-state index in [1.807, 2.05) is 24.3 Å². The quantitative estimate of drug-likeness (QED) is 0.580. The monoisotopic (exact) mass is 389 g/mol. The Bertz CT molecular complexity index is 862. The molecule has 7 nitrogen and oxygen atoms in total. The van der Waals surface area contributed by atoms with Crippen LogP contribution in [0.3, 0.4) is 0 Å². The number of anilines is 1. The van der Waals surface area contributed by atoms with Crippen molar-refractivity contribution in [3.8, 4) is 11.8 Å². The third kappa shape index (κ3) is 4.48. The largest absolute Gasteiger partial charge is 0.477 e. The Morgan fingerprint density at radius 2 is 2.26 bits per heavy atom. The summed E-state index contributed by atoms with van der Waals surface area (Å²) in [5, 5.41) is 10.6. The van der Waals surface area contributed by atoms with Crippen molar-refractivity contribution in [2.75, 3.05) is 31.1 Å². The summed E-state index contributed by atoms with van der Waals surface area (Å²) in [6.45, 7) is 3.41. The average Bonchev–Trinajstić information content (AvgIpc) is 2.86. The van der Waals surface area contributed by atoms with Gasteiger partial charge in [0, 0.05) is 25.5 Å². The number of nitrogens with one attached hydrogen (secondary N) is 2. The lowest BCUT2D eigenvalue weighted by Crippen LogP contribution is -2.16. The van der Waals surface area contributed by atoms with Crippen LogP contribution in [-0.4, -0.2) is 43.0 Å². The third-order valence-corrected chi connectivity index (χ3v) is 4.67. The number of fused-ring (bicyclic) bond motifs is 1. The molecule has 0 radical (unpaired) electrons. The molecule has 0 aromatic carbocycles. The van der Waals surface area contributed by atoms with Gasteiger partial charge in [0.05, 0.1) is 35.1 Å². The summed E-state index contributed by atoms with van der Waals surface area (Å²) >= 11 is 1.29. The molecule has 9 heteroatoms. The van der Waals surface area contributed by atoms with E-state index < -0.39 is 5.82 Å². The SMILES string of the molecule is CCOc1ncc(F)cc1SN(C)c1cnc2c(c1)/C(=C/C=N)NCCO2. The highest BCUT2D eigenvalue weighted by atomic mass is 32.2. The number of pyridine rings is 2. The van der Waals surface area contributed by atoms with Gasteiger partial charge in [-0.3, -0.25) is 0 Å². The molecule has 0 bridgehead atoms. The van der Waals surface area contributed by atoms with Gasteiger partial charge in [0.2, 0.25) is 11.8 Å². The van der Waals surface area contributed by atoms with Crippen molar-refractivity contribution in [3.63, 3.8) is 0 Å². The Hall–Kier alpha value is -2.81. The Morgan fingerprint density at radius 1 is 1.41 bits per heavy atom. The number of nitrogens with zero attached hydrogens (tertiary/aromatic N) is 3. The van der Waals surface area contributed by atoms with E-state index >= 15 is 0 Å². The standard InChI is InChI=1S/C18H20FN5O2S/c1-3-25-18-16(8-12(19)10-22-18)27-24(2)13-9-14-15(4-5-20)21-6-7-26-17(14)23-11-13/h4-5,8-11,20-21H,3,6-7H2,1-2H3/b15-4-,20-5?. The summed E-state index contributed by atoms with van der Waals surface area (Å²) in [5.74, 6) is 0.466. The average molecular weight is 389 g/mol. The molecule has 0 aliphatic carbocycles. The van der Waals surface area contributed by atoms with Crippen molar-refractivity contribution in [2.24, 2.45) is 0 Å². The zero-order valence-corrected chi connectivity index (χ0v) is 15.8. The highest BCUT2D eigenvalue weighted by Crippen LogP contribution is 2.35. The Labute approximate surface area is 161 Å². The molecular formula is C18H20FN5O2S. The molecule has 0 spiro atoms. The maximum absolute atomic E-state index is 13.6. The van der Waals surface area contributed by atoms with Gasteiger partial charge < -0.3 is 24.5 Å². The maximum Gasteiger partial charge on any atom is 0.229 e. The number of aromatic nitrogens is 2. The van der Waals surface area contributed by atoms with E-state index in [4.69, 9.17) is 14.9 Å². The molecule has 0 saturated heterocycles. The second kappa shape index (κ2) is 8.72. The molecule has 0 amide bonds. The van der Waals surface area contributed by atoms with Gasteiger partial charge in [-0.2, -0.15) is 0 Å². The van der Waals surface area contributed by atoms with Crippen LogP contribution >= 0.6 is 11.9 Å². The second-order valence-corrected chi connectivity index (χ2v) is 6.72. The van der Waals surface area contributed by atoms with Gasteiger partial charge >= 0.3 is 0 Å². The van der Waals surface area contributed by atoms with Gasteiger partial charge in [0.1, 0.15) is 12.4 Å². The van der Waals surface area contributed by atoms with Gasteiger partial charge in [-0.25, -0.2) is 14.4 Å². The van der Waals surface area contributed by atoms with Gasteiger partial charge in [-0.1, -0.05) is 0 Å². The van der Waals surface area contributed by atoms with Gasteiger partial charge in [0.15, 0.2) is 0 Å². The lowest BCUT2D eigenvalue weighted by atomic mass is 10.2. The van der Waals surface area contributed by atoms with E-state index in [1.165, 1.54) is 24.2 Å². The molecule has 3 heterocycles. The molecule has 142 valence electrons. The van der Waals surface area contributed by atoms with Gasteiger partial charge in [-0.15, -0.1) is 0 Å². The van der Waals surface area contributed by atoms with Crippen molar-refractivity contribution in [3.05, 3.63) is 42.0 Å². The van der Waals surface area contributed by atoms with Crippen LogP contribution < -0.4 is 19.1 Å². The number of ether oxygens (including phenoxy) is 2. The van der Waals surface area contributed by atoms with Crippen molar-refractivity contribution in [1.82, 2.24) is 15.3 Å². The Kier molecular flexibility index (Phi) is 6.12. The van der Waals surface area contributed by atoms with E-state index in [0.717, 1.165) is 23.1 Å². The summed E-state index contributed by atoms with van der Waals surface area (Å²) in [6.07, 6.45) is 5.70. The highest BCUT2D eigenvalue weighted by molar-refractivity contribution is 8.00. The number of rotatable bonds is 6. The molecule has 2 aromatic heterocycles. The topological polar surface area (TPSA) is 83.4 Å². The van der Waals surface area contributed by atoms with Crippen LogP contribution in [0.1, 0.15) is 12.5 Å². The van der Waals surface area contributed by atoms with Crippen molar-refractivity contribution in [2.45, 2.75) is 11.8 Å². The fourth-order valence-electron chi connectivity index (χ4n) is 2.50. The van der Waals surface area contributed by atoms with E-state index in [9.17, 15) is 4.39 Å². The molecule has 0 unspecified atom stereocenters. The predicted octanol–water partition coefficient (Wildman–Crippen LogP) is 3.13. The van der Waals surface area contributed by atoms with Crippen LogP contribution in [0.2, 0.25) is 0 Å². The number of hydrogen-bond donors (Lipinski definition) is 2. The van der Waals surface area contributed by atoms with E-state index in [1.54, 1.807) is 12.3 Å². The minimum Gasteiger partial charge on any atom is -0.477 e. The summed E-state index contributed by atoms with van der Waals surface area (Å²) in [6, 6.07) is 3.30. The minimum atomic E-state index is -0.428. The van der Waals surface area contributed by atoms with E-state index in [-0.39, 0.29) is 0 Å². The number of halogens is 1. The molecule has 1 aliphatic heterocycles. The summed E-state index contributed by atoms with van der Waals surface area (Å²) in [4.78, 5) is 8.97. The summed E-state index contributed by atoms with van der Waals surface area (Å²) in [5.41, 5.74) is 2.32. The lowest BCUT2D eigenvalue weighted by molar-refractivity contribution is 0.315. The van der Waals surface area contributed by atoms with Crippen molar-refractivity contribution in [1.29, 1.82) is 5.41 Å². The minimum absolute atomic E-state index is 0.382. The fraction of sp³-hybridized carbons (Fsp3) is 0.278. The van der Waals surface area contributed by atoms with E-state index in [0.29, 0.717) is 36.4 Å². The summed E-state index contributed by atoms with van der Waals surface area (Å²) in [7, 11) is 1.85. The first kappa shape index (κ1) is 19.0. The molecular weight excluding hydrogens is 369 g/mol. The first-order valence-corrected chi connectivity index (χ1v) is 9.17. The predicted molar refractivity (Wildman–Crippen MR) is 104 cm³/mol. The van der Waals surface area contributed by atoms with Gasteiger partial charge in [0.25, 0.3) is 0 Å². The van der Waals surface area contributed by atoms with Crippen LogP contribution in [0.4, 0.5) is 10.1 Å². The summed E-state index contributed by atoms with van der Waals surface area (Å²) < 4.78 is 26.6. The molecule has 0 fully saturated rings. The van der Waals surface area contributed by atoms with Gasteiger partial charge in [-0.05, 0) is 37.1 Å². The first-order chi connectivity index (χ1) is 13.1. The zero-order valence-electron chi connectivity index (χ0n) is 15.0. The van der Waals surface area contributed by atoms with Crippen LogP contribution in [0.25, 0.3) is 5.70 Å². The molecule has 3 rings (SSSR count). The first-order valence-electron chi connectivity index (χ1n) is 8.40.